The lowest BCUT2D eigenvalue weighted by Crippen LogP contribution is -2.52. The normalized spacial score (nSPS) is 17.2. The van der Waals surface area contributed by atoms with Crippen LogP contribution in [0.3, 0.4) is 0 Å². The third-order valence-electron chi connectivity index (χ3n) is 4.79. The second-order valence-electron chi connectivity index (χ2n) is 7.47. The van der Waals surface area contributed by atoms with E-state index in [1.807, 2.05) is 26.0 Å². The summed E-state index contributed by atoms with van der Waals surface area (Å²) in [4.78, 5) is 6.85. The van der Waals surface area contributed by atoms with Gasteiger partial charge in [0.2, 0.25) is 5.75 Å². The number of benzene rings is 1. The van der Waals surface area contributed by atoms with Crippen molar-refractivity contribution in [3.8, 4) is 17.2 Å². The lowest BCUT2D eigenvalue weighted by Gasteiger charge is -2.34. The molecule has 1 fully saturated rings. The molecule has 0 aromatic heterocycles. The molecule has 0 aliphatic carbocycles. The van der Waals surface area contributed by atoms with Crippen molar-refractivity contribution in [1.82, 2.24) is 15.5 Å². The monoisotopic (exact) mass is 424 g/mol. The van der Waals surface area contributed by atoms with Crippen molar-refractivity contribution in [2.75, 3.05) is 67.3 Å². The molecule has 1 atom stereocenters. The quantitative estimate of drug-likeness (QED) is 0.376. The number of β-amino-alcohol motifs (C(OH)–C–C–N with tert-alkyl or cyclic N) is 1. The first-order chi connectivity index (χ1) is 14.4. The number of nitrogens with one attached hydrogen (secondary N) is 2. The summed E-state index contributed by atoms with van der Waals surface area (Å²) in [5.74, 6) is 2.37. The highest BCUT2D eigenvalue weighted by atomic mass is 16.5. The summed E-state index contributed by atoms with van der Waals surface area (Å²) in [5.41, 5.74) is 0.0295. The minimum atomic E-state index is -0.889. The molecule has 1 saturated heterocycles. The van der Waals surface area contributed by atoms with Crippen LogP contribution >= 0.6 is 0 Å². The molecule has 0 radical (unpaired) electrons. The van der Waals surface area contributed by atoms with Crippen molar-refractivity contribution >= 4 is 5.96 Å². The van der Waals surface area contributed by atoms with Gasteiger partial charge in [0.1, 0.15) is 0 Å². The number of nitrogens with zero attached hydrogens (tertiary/aromatic N) is 2. The van der Waals surface area contributed by atoms with Gasteiger partial charge in [-0.25, -0.2) is 4.99 Å². The summed E-state index contributed by atoms with van der Waals surface area (Å²) in [6.45, 7) is 9.02. The summed E-state index contributed by atoms with van der Waals surface area (Å²) in [5, 5.41) is 17.2. The molecule has 9 nitrogen and oxygen atoms in total. The summed E-state index contributed by atoms with van der Waals surface area (Å²) in [7, 11) is 4.76. The predicted octanol–water partition coefficient (Wildman–Crippen LogP) is 0.851. The Labute approximate surface area is 179 Å². The van der Waals surface area contributed by atoms with Crippen LogP contribution < -0.4 is 24.8 Å². The molecule has 1 aromatic carbocycles. The standard InChI is InChI=1S/C21H36N4O5/c1-6-22-20(24-14-21(2,26)15-25-7-9-30-10-8-25)23-13-16-11-17(27-3)19(29-5)18(12-16)28-4/h11-12,26H,6-10,13-15H2,1-5H3,(H2,22,23,24). The van der Waals surface area contributed by atoms with Gasteiger partial charge < -0.3 is 34.7 Å². The summed E-state index contributed by atoms with van der Waals surface area (Å²) >= 11 is 0. The minimum absolute atomic E-state index is 0.380. The van der Waals surface area contributed by atoms with Crippen LogP contribution in [0.1, 0.15) is 19.4 Å². The molecule has 0 saturated carbocycles. The molecule has 0 spiro atoms. The number of morpholine rings is 1. The van der Waals surface area contributed by atoms with Crippen molar-refractivity contribution in [3.63, 3.8) is 0 Å². The van der Waals surface area contributed by atoms with E-state index in [4.69, 9.17) is 18.9 Å². The number of hydrogen-bond donors (Lipinski definition) is 3. The molecule has 1 aliphatic rings. The van der Waals surface area contributed by atoms with Gasteiger partial charge in [-0.15, -0.1) is 0 Å². The zero-order valence-corrected chi connectivity index (χ0v) is 18.8. The molecule has 2 rings (SSSR count). The summed E-state index contributed by atoms with van der Waals surface area (Å²) in [6, 6.07) is 3.76. The van der Waals surface area contributed by atoms with Crippen LogP contribution in [-0.4, -0.2) is 88.8 Å². The van der Waals surface area contributed by atoms with E-state index in [9.17, 15) is 5.11 Å². The first kappa shape index (κ1) is 24.0. The van der Waals surface area contributed by atoms with Gasteiger partial charge >= 0.3 is 0 Å². The fraction of sp³-hybridized carbons (Fsp3) is 0.667. The highest BCUT2D eigenvalue weighted by Gasteiger charge is 2.25. The van der Waals surface area contributed by atoms with Crippen LogP contribution in [0.2, 0.25) is 0 Å². The molecule has 1 heterocycles. The number of guanidine groups is 1. The summed E-state index contributed by atoms with van der Waals surface area (Å²) < 4.78 is 21.6. The molecule has 9 heteroatoms. The Morgan fingerprint density at radius 1 is 1.13 bits per heavy atom. The van der Waals surface area contributed by atoms with E-state index in [-0.39, 0.29) is 0 Å². The van der Waals surface area contributed by atoms with E-state index >= 15 is 0 Å². The highest BCUT2D eigenvalue weighted by molar-refractivity contribution is 5.79. The molecule has 0 bridgehead atoms. The zero-order chi connectivity index (χ0) is 22.0. The van der Waals surface area contributed by atoms with Crippen LogP contribution in [0.25, 0.3) is 0 Å². The van der Waals surface area contributed by atoms with Gasteiger partial charge in [-0.3, -0.25) is 4.90 Å². The topological polar surface area (TPSA) is 96.8 Å². The second kappa shape index (κ2) is 11.8. The molecule has 1 unspecified atom stereocenters. The number of aliphatic hydroxyl groups is 1. The zero-order valence-electron chi connectivity index (χ0n) is 18.8. The van der Waals surface area contributed by atoms with Crippen LogP contribution in [0.5, 0.6) is 17.2 Å². The second-order valence-corrected chi connectivity index (χ2v) is 7.47. The highest BCUT2D eigenvalue weighted by Crippen LogP contribution is 2.38. The predicted molar refractivity (Wildman–Crippen MR) is 117 cm³/mol. The van der Waals surface area contributed by atoms with Crippen molar-refractivity contribution in [2.45, 2.75) is 26.0 Å². The van der Waals surface area contributed by atoms with E-state index in [2.05, 4.69) is 20.5 Å². The van der Waals surface area contributed by atoms with Gasteiger partial charge in [-0.1, -0.05) is 0 Å². The van der Waals surface area contributed by atoms with Crippen LogP contribution in [0.4, 0.5) is 0 Å². The van der Waals surface area contributed by atoms with Gasteiger partial charge in [0.25, 0.3) is 0 Å². The van der Waals surface area contributed by atoms with Gasteiger partial charge in [0.05, 0.1) is 46.7 Å². The Morgan fingerprint density at radius 3 is 2.30 bits per heavy atom. The van der Waals surface area contributed by atoms with Crippen molar-refractivity contribution < 1.29 is 24.1 Å². The Hall–Kier alpha value is -2.23. The third-order valence-corrected chi connectivity index (χ3v) is 4.79. The molecule has 3 N–H and O–H groups in total. The molecule has 170 valence electrons. The SMILES string of the molecule is CCNC(=NCc1cc(OC)c(OC)c(OC)c1)NCC(C)(O)CN1CCOCC1. The maximum Gasteiger partial charge on any atom is 0.203 e. The Bertz CT molecular complexity index is 665. The van der Waals surface area contributed by atoms with Crippen LogP contribution in [-0.2, 0) is 11.3 Å². The molecule has 1 aliphatic heterocycles. The fourth-order valence-electron chi connectivity index (χ4n) is 3.31. The molecule has 0 amide bonds. The van der Waals surface area contributed by atoms with E-state index in [0.717, 1.165) is 18.7 Å². The first-order valence-electron chi connectivity index (χ1n) is 10.3. The maximum absolute atomic E-state index is 10.8. The van der Waals surface area contributed by atoms with Crippen molar-refractivity contribution in [1.29, 1.82) is 0 Å². The molecular weight excluding hydrogens is 388 g/mol. The average molecular weight is 425 g/mol. The van der Waals surface area contributed by atoms with E-state index in [1.165, 1.54) is 0 Å². The van der Waals surface area contributed by atoms with Crippen LogP contribution in [0.15, 0.2) is 17.1 Å². The Morgan fingerprint density at radius 2 is 1.77 bits per heavy atom. The van der Waals surface area contributed by atoms with Gasteiger partial charge in [0.15, 0.2) is 17.5 Å². The number of hydrogen-bond acceptors (Lipinski definition) is 7. The van der Waals surface area contributed by atoms with E-state index in [1.54, 1.807) is 21.3 Å². The van der Waals surface area contributed by atoms with Crippen LogP contribution in [0, 0.1) is 0 Å². The fourth-order valence-corrected chi connectivity index (χ4v) is 3.31. The largest absolute Gasteiger partial charge is 0.493 e. The van der Waals surface area contributed by atoms with Gasteiger partial charge in [-0.2, -0.15) is 0 Å². The molecule has 1 aromatic rings. The summed E-state index contributed by atoms with van der Waals surface area (Å²) in [6.07, 6.45) is 0. The number of ether oxygens (including phenoxy) is 4. The minimum Gasteiger partial charge on any atom is -0.493 e. The molecule has 30 heavy (non-hydrogen) atoms. The Balaban J connectivity index is 2.03. The van der Waals surface area contributed by atoms with Gasteiger partial charge in [-0.05, 0) is 31.5 Å². The number of aliphatic imine (C=N–C) groups is 1. The molecular formula is C21H36N4O5. The Kier molecular flexibility index (Phi) is 9.48. The average Bonchev–Trinajstić information content (AvgIpc) is 2.75. The van der Waals surface area contributed by atoms with Crippen molar-refractivity contribution in [2.24, 2.45) is 4.99 Å². The first-order valence-corrected chi connectivity index (χ1v) is 10.3. The smallest absolute Gasteiger partial charge is 0.203 e. The van der Waals surface area contributed by atoms with E-state index < -0.39 is 5.60 Å². The number of rotatable bonds is 10. The van der Waals surface area contributed by atoms with E-state index in [0.29, 0.717) is 62.6 Å². The lowest BCUT2D eigenvalue weighted by molar-refractivity contribution is -0.0201. The van der Waals surface area contributed by atoms with Crippen molar-refractivity contribution in [3.05, 3.63) is 17.7 Å². The third kappa shape index (κ3) is 7.23. The maximum atomic E-state index is 10.8. The van der Waals surface area contributed by atoms with Gasteiger partial charge in [0, 0.05) is 32.7 Å². The number of methoxy groups -OCH3 is 3. The lowest BCUT2D eigenvalue weighted by atomic mass is 10.1.